The summed E-state index contributed by atoms with van der Waals surface area (Å²) in [6, 6.07) is 13.5. The first kappa shape index (κ1) is 13.1. The van der Waals surface area contributed by atoms with E-state index < -0.39 is 0 Å². The zero-order chi connectivity index (χ0) is 12.8. The molecular formula is C15H21N3. The van der Waals surface area contributed by atoms with Gasteiger partial charge in [0.25, 0.3) is 0 Å². The van der Waals surface area contributed by atoms with Gasteiger partial charge in [0.2, 0.25) is 0 Å². The van der Waals surface area contributed by atoms with Crippen molar-refractivity contribution in [2.24, 2.45) is 0 Å². The van der Waals surface area contributed by atoms with Crippen LogP contribution in [-0.2, 0) is 0 Å². The van der Waals surface area contributed by atoms with Crippen LogP contribution < -0.4 is 5.32 Å². The van der Waals surface area contributed by atoms with E-state index >= 15 is 0 Å². The fraction of sp³-hybridized carbons (Fsp3) is 0.533. The molecule has 1 unspecified atom stereocenters. The van der Waals surface area contributed by atoms with E-state index in [0.717, 1.165) is 13.1 Å². The highest BCUT2D eigenvalue weighted by Crippen LogP contribution is 2.27. The van der Waals surface area contributed by atoms with E-state index in [2.05, 4.69) is 47.6 Å². The van der Waals surface area contributed by atoms with Crippen LogP contribution in [-0.4, -0.2) is 31.1 Å². The van der Waals surface area contributed by atoms with Crippen LogP contribution >= 0.6 is 0 Å². The fourth-order valence-electron chi connectivity index (χ4n) is 2.73. The summed E-state index contributed by atoms with van der Waals surface area (Å²) in [5.41, 5.74) is 1.25. The summed E-state index contributed by atoms with van der Waals surface area (Å²) in [7, 11) is 2.16. The van der Waals surface area contributed by atoms with Crippen LogP contribution in [0.25, 0.3) is 0 Å². The molecule has 0 aliphatic carbocycles. The number of hydrogen-bond donors (Lipinski definition) is 1. The smallest absolute Gasteiger partial charge is 0.0641 e. The average molecular weight is 243 g/mol. The molecule has 0 aromatic heterocycles. The Hall–Kier alpha value is -1.37. The van der Waals surface area contributed by atoms with Crippen LogP contribution in [0.3, 0.4) is 0 Å². The SMILES string of the molecule is CN(C1CCNCC1)C(CC#N)c1ccccc1. The van der Waals surface area contributed by atoms with Gasteiger partial charge < -0.3 is 5.32 Å². The minimum Gasteiger partial charge on any atom is -0.317 e. The Labute approximate surface area is 109 Å². The van der Waals surface area contributed by atoms with Gasteiger partial charge in [0.15, 0.2) is 0 Å². The summed E-state index contributed by atoms with van der Waals surface area (Å²) in [5.74, 6) is 0. The molecule has 0 amide bonds. The molecule has 18 heavy (non-hydrogen) atoms. The molecule has 2 rings (SSSR count). The largest absolute Gasteiger partial charge is 0.317 e. The van der Waals surface area contributed by atoms with E-state index in [9.17, 15) is 0 Å². The molecule has 1 aliphatic rings. The maximum absolute atomic E-state index is 9.06. The van der Waals surface area contributed by atoms with Crippen LogP contribution in [0.15, 0.2) is 30.3 Å². The van der Waals surface area contributed by atoms with Gasteiger partial charge >= 0.3 is 0 Å². The minimum absolute atomic E-state index is 0.222. The molecule has 1 aliphatic heterocycles. The Bertz CT molecular complexity index is 390. The van der Waals surface area contributed by atoms with Crippen molar-refractivity contribution in [1.29, 1.82) is 5.26 Å². The topological polar surface area (TPSA) is 39.1 Å². The van der Waals surface area contributed by atoms with Crippen molar-refractivity contribution in [1.82, 2.24) is 10.2 Å². The van der Waals surface area contributed by atoms with Crippen molar-refractivity contribution < 1.29 is 0 Å². The van der Waals surface area contributed by atoms with E-state index in [1.807, 2.05) is 6.07 Å². The third kappa shape index (κ3) is 3.10. The second-order valence-electron chi connectivity index (χ2n) is 4.94. The van der Waals surface area contributed by atoms with Gasteiger partial charge in [-0.2, -0.15) is 5.26 Å². The van der Waals surface area contributed by atoms with Gasteiger partial charge in [-0.15, -0.1) is 0 Å². The normalized spacial score (nSPS) is 18.5. The molecule has 0 saturated carbocycles. The lowest BCUT2D eigenvalue weighted by Gasteiger charge is -2.36. The van der Waals surface area contributed by atoms with Gasteiger partial charge in [-0.1, -0.05) is 30.3 Å². The summed E-state index contributed by atoms with van der Waals surface area (Å²) >= 11 is 0. The van der Waals surface area contributed by atoms with E-state index in [4.69, 9.17) is 5.26 Å². The Morgan fingerprint density at radius 2 is 2.00 bits per heavy atom. The number of piperidine rings is 1. The zero-order valence-corrected chi connectivity index (χ0v) is 11.0. The predicted molar refractivity (Wildman–Crippen MR) is 73.1 cm³/mol. The molecule has 1 atom stereocenters. The lowest BCUT2D eigenvalue weighted by Crippen LogP contribution is -2.42. The monoisotopic (exact) mass is 243 g/mol. The van der Waals surface area contributed by atoms with Crippen LogP contribution in [0.5, 0.6) is 0 Å². The van der Waals surface area contributed by atoms with Gasteiger partial charge in [0.05, 0.1) is 12.5 Å². The Kier molecular flexibility index (Phi) is 4.74. The maximum atomic E-state index is 9.06. The quantitative estimate of drug-likeness (QED) is 0.882. The number of benzene rings is 1. The first-order valence-electron chi connectivity index (χ1n) is 6.67. The molecule has 96 valence electrons. The lowest BCUT2D eigenvalue weighted by atomic mass is 9.97. The van der Waals surface area contributed by atoms with Gasteiger partial charge in [-0.25, -0.2) is 0 Å². The van der Waals surface area contributed by atoms with Gasteiger partial charge in [0.1, 0.15) is 0 Å². The molecule has 0 bridgehead atoms. The maximum Gasteiger partial charge on any atom is 0.0641 e. The Morgan fingerprint density at radius 3 is 2.61 bits per heavy atom. The molecule has 1 N–H and O–H groups in total. The molecular weight excluding hydrogens is 222 g/mol. The van der Waals surface area contributed by atoms with Gasteiger partial charge in [-0.3, -0.25) is 4.90 Å². The van der Waals surface area contributed by atoms with E-state index in [1.54, 1.807) is 0 Å². The second-order valence-corrected chi connectivity index (χ2v) is 4.94. The van der Waals surface area contributed by atoms with Crippen molar-refractivity contribution in [3.63, 3.8) is 0 Å². The van der Waals surface area contributed by atoms with E-state index in [-0.39, 0.29) is 6.04 Å². The molecule has 1 heterocycles. The van der Waals surface area contributed by atoms with Crippen molar-refractivity contribution >= 4 is 0 Å². The van der Waals surface area contributed by atoms with Crippen LogP contribution in [0.1, 0.15) is 30.9 Å². The highest BCUT2D eigenvalue weighted by molar-refractivity contribution is 5.20. The summed E-state index contributed by atoms with van der Waals surface area (Å²) in [6.45, 7) is 2.17. The molecule has 1 saturated heterocycles. The number of hydrogen-bond acceptors (Lipinski definition) is 3. The molecule has 0 spiro atoms. The number of nitrogens with zero attached hydrogens (tertiary/aromatic N) is 2. The first-order valence-corrected chi connectivity index (χ1v) is 6.67. The summed E-state index contributed by atoms with van der Waals surface area (Å²) in [4.78, 5) is 2.39. The number of nitriles is 1. The third-order valence-electron chi connectivity index (χ3n) is 3.85. The van der Waals surface area contributed by atoms with Gasteiger partial charge in [-0.05, 0) is 38.5 Å². The predicted octanol–water partition coefficient (Wildman–Crippen LogP) is 2.33. The van der Waals surface area contributed by atoms with Crippen molar-refractivity contribution in [3.8, 4) is 6.07 Å². The molecule has 1 aromatic rings. The Balaban J connectivity index is 2.12. The Morgan fingerprint density at radius 1 is 1.33 bits per heavy atom. The van der Waals surface area contributed by atoms with E-state index in [1.165, 1.54) is 18.4 Å². The fourth-order valence-corrected chi connectivity index (χ4v) is 2.73. The zero-order valence-electron chi connectivity index (χ0n) is 11.0. The number of nitrogens with one attached hydrogen (secondary N) is 1. The second kappa shape index (κ2) is 6.53. The van der Waals surface area contributed by atoms with Crippen molar-refractivity contribution in [3.05, 3.63) is 35.9 Å². The lowest BCUT2D eigenvalue weighted by molar-refractivity contribution is 0.144. The molecule has 1 fully saturated rings. The van der Waals surface area contributed by atoms with Crippen LogP contribution in [0.2, 0.25) is 0 Å². The highest BCUT2D eigenvalue weighted by Gasteiger charge is 2.25. The molecule has 0 radical (unpaired) electrons. The van der Waals surface area contributed by atoms with Crippen molar-refractivity contribution in [2.75, 3.05) is 20.1 Å². The van der Waals surface area contributed by atoms with Gasteiger partial charge in [0, 0.05) is 12.1 Å². The summed E-state index contributed by atoms with van der Waals surface area (Å²) in [6.07, 6.45) is 2.90. The molecule has 1 aromatic carbocycles. The van der Waals surface area contributed by atoms with Crippen LogP contribution in [0.4, 0.5) is 0 Å². The van der Waals surface area contributed by atoms with E-state index in [0.29, 0.717) is 12.5 Å². The highest BCUT2D eigenvalue weighted by atomic mass is 15.2. The third-order valence-corrected chi connectivity index (χ3v) is 3.85. The standard InChI is InChI=1S/C15H21N3/c1-18(14-8-11-17-12-9-14)15(7-10-16)13-5-3-2-4-6-13/h2-6,14-15,17H,7-9,11-12H2,1H3. The van der Waals surface area contributed by atoms with Crippen LogP contribution in [0, 0.1) is 11.3 Å². The van der Waals surface area contributed by atoms with Crippen molar-refractivity contribution in [2.45, 2.75) is 31.3 Å². The average Bonchev–Trinajstić information content (AvgIpc) is 2.46. The number of rotatable bonds is 4. The minimum atomic E-state index is 0.222. The molecule has 3 nitrogen and oxygen atoms in total. The first-order chi connectivity index (χ1) is 8.83. The summed E-state index contributed by atoms with van der Waals surface area (Å²) in [5, 5.41) is 12.4. The molecule has 3 heteroatoms. The summed E-state index contributed by atoms with van der Waals surface area (Å²) < 4.78 is 0.